The smallest absolute Gasteiger partial charge is 0.220 e. The maximum Gasteiger partial charge on any atom is 0.220 e. The molecule has 1 aromatic carbocycles. The van der Waals surface area contributed by atoms with Gasteiger partial charge in [-0.1, -0.05) is 19.1 Å². The van der Waals surface area contributed by atoms with E-state index in [-0.39, 0.29) is 11.4 Å². The number of nitrogens with zero attached hydrogens (tertiary/aromatic N) is 1. The van der Waals surface area contributed by atoms with Crippen LogP contribution >= 0.6 is 0 Å². The van der Waals surface area contributed by atoms with Crippen LogP contribution in [0, 0.1) is 12.8 Å². The van der Waals surface area contributed by atoms with Gasteiger partial charge in [0, 0.05) is 18.5 Å². The number of carbonyl (C=O) groups excluding carboxylic acids is 1. The standard InChI is InChI=1S/C22H36N2O2/c1-17-11-13-24(14-12-17)16-22(3,4)23-21(25)8-6-7-19-9-10-20(26-5)18(2)15-19/h9-10,15,17H,6-8,11-14,16H2,1-5H3,(H,23,25). The molecule has 4 nitrogen and oxygen atoms in total. The summed E-state index contributed by atoms with van der Waals surface area (Å²) < 4.78 is 5.30. The van der Waals surface area contributed by atoms with Crippen LogP contribution in [-0.2, 0) is 11.2 Å². The number of ether oxygens (including phenoxy) is 1. The molecule has 0 aromatic heterocycles. The quantitative estimate of drug-likeness (QED) is 0.763. The second-order valence-corrected chi connectivity index (χ2v) is 8.55. The number of hydrogen-bond donors (Lipinski definition) is 1. The molecule has 1 aromatic rings. The van der Waals surface area contributed by atoms with Crippen molar-refractivity contribution in [2.45, 2.75) is 65.3 Å². The largest absolute Gasteiger partial charge is 0.496 e. The highest BCUT2D eigenvalue weighted by atomic mass is 16.5. The molecule has 2 rings (SSSR count). The number of rotatable bonds is 8. The third-order valence-corrected chi connectivity index (χ3v) is 5.30. The molecule has 4 heteroatoms. The Morgan fingerprint density at radius 3 is 2.62 bits per heavy atom. The van der Waals surface area contributed by atoms with Crippen molar-refractivity contribution in [3.8, 4) is 5.75 Å². The van der Waals surface area contributed by atoms with E-state index in [1.54, 1.807) is 7.11 Å². The van der Waals surface area contributed by atoms with Gasteiger partial charge in [-0.05, 0) is 82.7 Å². The van der Waals surface area contributed by atoms with Gasteiger partial charge in [0.2, 0.25) is 5.91 Å². The zero-order valence-corrected chi connectivity index (χ0v) is 17.2. The average Bonchev–Trinajstić information content (AvgIpc) is 2.56. The van der Waals surface area contributed by atoms with Gasteiger partial charge in [0.25, 0.3) is 0 Å². The average molecular weight is 361 g/mol. The summed E-state index contributed by atoms with van der Waals surface area (Å²) in [4.78, 5) is 14.8. The maximum atomic E-state index is 12.4. The van der Waals surface area contributed by atoms with Gasteiger partial charge in [0.1, 0.15) is 5.75 Å². The lowest BCUT2D eigenvalue weighted by Gasteiger charge is -2.37. The molecule has 0 spiro atoms. The molecule has 1 saturated heterocycles. The minimum absolute atomic E-state index is 0.158. The first-order valence-corrected chi connectivity index (χ1v) is 9.96. The third-order valence-electron chi connectivity index (χ3n) is 5.30. The third kappa shape index (κ3) is 6.64. The summed E-state index contributed by atoms with van der Waals surface area (Å²) >= 11 is 0. The number of nitrogens with one attached hydrogen (secondary N) is 1. The van der Waals surface area contributed by atoms with E-state index < -0.39 is 0 Å². The fraction of sp³-hybridized carbons (Fsp3) is 0.682. The minimum Gasteiger partial charge on any atom is -0.496 e. The molecule has 1 heterocycles. The van der Waals surface area contributed by atoms with Crippen LogP contribution in [0.1, 0.15) is 57.6 Å². The van der Waals surface area contributed by atoms with E-state index >= 15 is 0 Å². The fourth-order valence-electron chi connectivity index (χ4n) is 3.81. The van der Waals surface area contributed by atoms with Crippen molar-refractivity contribution in [2.75, 3.05) is 26.7 Å². The molecular formula is C22H36N2O2. The van der Waals surface area contributed by atoms with Crippen LogP contribution < -0.4 is 10.1 Å². The maximum absolute atomic E-state index is 12.4. The van der Waals surface area contributed by atoms with Gasteiger partial charge in [0.05, 0.1) is 7.11 Å². The number of likely N-dealkylation sites (tertiary alicyclic amines) is 1. The Hall–Kier alpha value is -1.55. The molecule has 1 amide bonds. The number of methoxy groups -OCH3 is 1. The Bertz CT molecular complexity index is 590. The molecule has 0 aliphatic carbocycles. The second-order valence-electron chi connectivity index (χ2n) is 8.55. The first kappa shape index (κ1) is 20.8. The Morgan fingerprint density at radius 2 is 2.00 bits per heavy atom. The predicted octanol–water partition coefficient (Wildman–Crippen LogP) is 3.95. The summed E-state index contributed by atoms with van der Waals surface area (Å²) in [6.07, 6.45) is 4.90. The molecule has 0 atom stereocenters. The fourth-order valence-corrected chi connectivity index (χ4v) is 3.81. The van der Waals surface area contributed by atoms with E-state index in [2.05, 4.69) is 50.0 Å². The summed E-state index contributed by atoms with van der Waals surface area (Å²) in [7, 11) is 1.69. The number of hydrogen-bond acceptors (Lipinski definition) is 3. The van der Waals surface area contributed by atoms with Crippen molar-refractivity contribution in [3.05, 3.63) is 29.3 Å². The van der Waals surface area contributed by atoms with Gasteiger partial charge >= 0.3 is 0 Å². The van der Waals surface area contributed by atoms with Gasteiger partial charge in [-0.25, -0.2) is 0 Å². The molecule has 0 saturated carbocycles. The first-order valence-electron chi connectivity index (χ1n) is 9.96. The van der Waals surface area contributed by atoms with Crippen LogP contribution in [0.25, 0.3) is 0 Å². The number of piperidine rings is 1. The van der Waals surface area contributed by atoms with E-state index in [1.807, 2.05) is 6.07 Å². The van der Waals surface area contributed by atoms with Crippen LogP contribution in [0.15, 0.2) is 18.2 Å². The summed E-state index contributed by atoms with van der Waals surface area (Å²) in [6, 6.07) is 6.25. The molecule has 0 bridgehead atoms. The second kappa shape index (κ2) is 9.40. The Balaban J connectivity index is 1.72. The van der Waals surface area contributed by atoms with Gasteiger partial charge in [-0.15, -0.1) is 0 Å². The molecule has 146 valence electrons. The summed E-state index contributed by atoms with van der Waals surface area (Å²) in [5, 5.41) is 3.23. The highest BCUT2D eigenvalue weighted by Crippen LogP contribution is 2.20. The van der Waals surface area contributed by atoms with E-state index in [0.717, 1.165) is 49.7 Å². The van der Waals surface area contributed by atoms with Crippen LogP contribution in [0.2, 0.25) is 0 Å². The topological polar surface area (TPSA) is 41.6 Å². The van der Waals surface area contributed by atoms with Crippen molar-refractivity contribution in [1.29, 1.82) is 0 Å². The molecular weight excluding hydrogens is 324 g/mol. The number of amides is 1. The number of aryl methyl sites for hydroxylation is 2. The zero-order chi connectivity index (χ0) is 19.2. The zero-order valence-electron chi connectivity index (χ0n) is 17.2. The van der Waals surface area contributed by atoms with Gasteiger partial charge in [-0.3, -0.25) is 4.79 Å². The molecule has 0 unspecified atom stereocenters. The van der Waals surface area contributed by atoms with Crippen LogP contribution in [0.5, 0.6) is 5.75 Å². The lowest BCUT2D eigenvalue weighted by atomic mass is 9.96. The Morgan fingerprint density at radius 1 is 1.31 bits per heavy atom. The van der Waals surface area contributed by atoms with Crippen molar-refractivity contribution >= 4 is 5.91 Å². The van der Waals surface area contributed by atoms with Crippen LogP contribution in [-0.4, -0.2) is 43.1 Å². The van der Waals surface area contributed by atoms with Gasteiger partial charge < -0.3 is 15.0 Å². The predicted molar refractivity (Wildman–Crippen MR) is 108 cm³/mol. The van der Waals surface area contributed by atoms with E-state index in [0.29, 0.717) is 6.42 Å². The molecule has 1 aliphatic heterocycles. The molecule has 0 radical (unpaired) electrons. The van der Waals surface area contributed by atoms with Gasteiger partial charge in [0.15, 0.2) is 0 Å². The summed E-state index contributed by atoms with van der Waals surface area (Å²) in [6.45, 7) is 11.9. The Labute approximate surface area is 159 Å². The number of carbonyl (C=O) groups is 1. The van der Waals surface area contributed by atoms with Crippen molar-refractivity contribution in [3.63, 3.8) is 0 Å². The highest BCUT2D eigenvalue weighted by molar-refractivity contribution is 5.76. The Kier molecular flexibility index (Phi) is 7.51. The van der Waals surface area contributed by atoms with Crippen LogP contribution in [0.4, 0.5) is 0 Å². The van der Waals surface area contributed by atoms with Crippen LogP contribution in [0.3, 0.4) is 0 Å². The molecule has 1 fully saturated rings. The SMILES string of the molecule is COc1ccc(CCCC(=O)NC(C)(C)CN2CCC(C)CC2)cc1C. The highest BCUT2D eigenvalue weighted by Gasteiger charge is 2.25. The van der Waals surface area contributed by atoms with E-state index in [1.165, 1.54) is 18.4 Å². The lowest BCUT2D eigenvalue weighted by molar-refractivity contribution is -0.123. The summed E-state index contributed by atoms with van der Waals surface area (Å²) in [5.74, 6) is 1.91. The summed E-state index contributed by atoms with van der Waals surface area (Å²) in [5.41, 5.74) is 2.23. The normalized spacial score (nSPS) is 16.5. The number of benzene rings is 1. The molecule has 1 N–H and O–H groups in total. The van der Waals surface area contributed by atoms with Gasteiger partial charge in [-0.2, -0.15) is 0 Å². The lowest BCUT2D eigenvalue weighted by Crippen LogP contribution is -2.52. The monoisotopic (exact) mass is 360 g/mol. The minimum atomic E-state index is -0.172. The molecule has 26 heavy (non-hydrogen) atoms. The van der Waals surface area contributed by atoms with E-state index in [4.69, 9.17) is 4.74 Å². The molecule has 1 aliphatic rings. The van der Waals surface area contributed by atoms with Crippen molar-refractivity contribution in [1.82, 2.24) is 10.2 Å². The first-order chi connectivity index (χ1) is 12.3. The van der Waals surface area contributed by atoms with E-state index in [9.17, 15) is 4.79 Å². The van der Waals surface area contributed by atoms with Crippen molar-refractivity contribution in [2.24, 2.45) is 5.92 Å². The van der Waals surface area contributed by atoms with Crippen molar-refractivity contribution < 1.29 is 9.53 Å².